The molecule has 0 radical (unpaired) electrons. The molecule has 0 spiro atoms. The molecule has 0 saturated carbocycles. The molecule has 0 saturated heterocycles. The molecule has 0 fully saturated rings. The molecule has 0 bridgehead atoms. The number of rotatable bonds is 4. The van der Waals surface area contributed by atoms with Crippen LogP contribution in [0.5, 0.6) is 0 Å². The van der Waals surface area contributed by atoms with Gasteiger partial charge in [-0.1, -0.05) is 108 Å². The standard InChI is InChI=1S/2C15H11ClN4/c2*16-12-8-6-11(7-9-12)14-13(18-15(17)20-19-14)10-4-2-1-3-5-10/h2*1-9H,(H2,17,18,20). The Labute approximate surface area is 240 Å². The Kier molecular flexibility index (Phi) is 8.20. The molecule has 0 aliphatic heterocycles. The molecule has 6 aromatic rings. The van der Waals surface area contributed by atoms with Gasteiger partial charge < -0.3 is 11.5 Å². The second-order valence-electron chi connectivity index (χ2n) is 8.48. The Morgan fingerprint density at radius 1 is 0.375 bits per heavy atom. The molecule has 4 N–H and O–H groups in total. The maximum absolute atomic E-state index is 5.91. The molecule has 0 aliphatic rings. The van der Waals surface area contributed by atoms with E-state index >= 15 is 0 Å². The molecule has 0 unspecified atom stereocenters. The van der Waals surface area contributed by atoms with Crippen molar-refractivity contribution in [3.05, 3.63) is 119 Å². The van der Waals surface area contributed by atoms with Gasteiger partial charge in [-0.2, -0.15) is 0 Å². The van der Waals surface area contributed by atoms with Gasteiger partial charge in [-0.25, -0.2) is 9.97 Å². The van der Waals surface area contributed by atoms with E-state index in [1.807, 2.05) is 109 Å². The molecule has 2 heterocycles. The van der Waals surface area contributed by atoms with Crippen LogP contribution in [0.4, 0.5) is 11.9 Å². The Balaban J connectivity index is 0.000000161. The van der Waals surface area contributed by atoms with Crippen molar-refractivity contribution >= 4 is 35.1 Å². The van der Waals surface area contributed by atoms with Gasteiger partial charge >= 0.3 is 0 Å². The number of benzene rings is 4. The number of aromatic nitrogens is 6. The Morgan fingerprint density at radius 2 is 0.700 bits per heavy atom. The molecule has 6 rings (SSSR count). The van der Waals surface area contributed by atoms with Crippen LogP contribution in [0, 0.1) is 0 Å². The summed E-state index contributed by atoms with van der Waals surface area (Å²) in [6.07, 6.45) is 0. The summed E-state index contributed by atoms with van der Waals surface area (Å²) in [4.78, 5) is 8.63. The van der Waals surface area contributed by atoms with Crippen LogP contribution in [0.2, 0.25) is 10.0 Å². The van der Waals surface area contributed by atoms with Crippen molar-refractivity contribution in [3.8, 4) is 45.0 Å². The quantitative estimate of drug-likeness (QED) is 0.237. The summed E-state index contributed by atoms with van der Waals surface area (Å²) in [7, 11) is 0. The average molecular weight is 565 g/mol. The van der Waals surface area contributed by atoms with Gasteiger partial charge in [0.05, 0.1) is 0 Å². The molecule has 196 valence electrons. The average Bonchev–Trinajstić information content (AvgIpc) is 2.99. The number of nitrogen functional groups attached to an aromatic ring is 2. The molecule has 2 aromatic heterocycles. The minimum atomic E-state index is 0.154. The van der Waals surface area contributed by atoms with Crippen molar-refractivity contribution in [2.45, 2.75) is 0 Å². The lowest BCUT2D eigenvalue weighted by Gasteiger charge is -2.08. The summed E-state index contributed by atoms with van der Waals surface area (Å²) < 4.78 is 0. The van der Waals surface area contributed by atoms with Crippen LogP contribution in [-0.4, -0.2) is 30.4 Å². The fourth-order valence-electron chi connectivity index (χ4n) is 3.88. The molecule has 10 heteroatoms. The van der Waals surface area contributed by atoms with Gasteiger partial charge in [-0.3, -0.25) is 0 Å². The van der Waals surface area contributed by atoms with Gasteiger partial charge in [-0.05, 0) is 24.3 Å². The first-order chi connectivity index (χ1) is 19.5. The van der Waals surface area contributed by atoms with Crippen molar-refractivity contribution in [2.75, 3.05) is 11.5 Å². The first-order valence-electron chi connectivity index (χ1n) is 12.1. The van der Waals surface area contributed by atoms with E-state index in [9.17, 15) is 0 Å². The second-order valence-corrected chi connectivity index (χ2v) is 9.35. The summed E-state index contributed by atoms with van der Waals surface area (Å²) in [6.45, 7) is 0. The summed E-state index contributed by atoms with van der Waals surface area (Å²) in [5.41, 5.74) is 17.8. The van der Waals surface area contributed by atoms with E-state index in [4.69, 9.17) is 34.7 Å². The highest BCUT2D eigenvalue weighted by Gasteiger charge is 2.13. The number of hydrogen-bond donors (Lipinski definition) is 2. The van der Waals surface area contributed by atoms with Crippen molar-refractivity contribution < 1.29 is 0 Å². The fourth-order valence-corrected chi connectivity index (χ4v) is 4.13. The van der Waals surface area contributed by atoms with Gasteiger partial charge in [0.1, 0.15) is 22.8 Å². The van der Waals surface area contributed by atoms with Crippen LogP contribution >= 0.6 is 23.2 Å². The highest BCUT2D eigenvalue weighted by Crippen LogP contribution is 2.30. The molecular formula is C30H22Cl2N8. The van der Waals surface area contributed by atoms with Crippen LogP contribution in [-0.2, 0) is 0 Å². The maximum Gasteiger partial charge on any atom is 0.240 e. The van der Waals surface area contributed by atoms with Crippen molar-refractivity contribution in [1.82, 2.24) is 30.4 Å². The first-order valence-corrected chi connectivity index (χ1v) is 12.9. The van der Waals surface area contributed by atoms with Crippen LogP contribution in [0.1, 0.15) is 0 Å². The van der Waals surface area contributed by atoms with Crippen LogP contribution < -0.4 is 11.5 Å². The Morgan fingerprint density at radius 3 is 1.05 bits per heavy atom. The van der Waals surface area contributed by atoms with Gasteiger partial charge in [-0.15, -0.1) is 20.4 Å². The molecule has 0 atom stereocenters. The Bertz CT molecular complexity index is 1580. The Hall–Kier alpha value is -4.92. The van der Waals surface area contributed by atoms with Crippen molar-refractivity contribution in [3.63, 3.8) is 0 Å². The number of halogens is 2. The highest BCUT2D eigenvalue weighted by atomic mass is 35.5. The van der Waals surface area contributed by atoms with Crippen molar-refractivity contribution in [2.24, 2.45) is 0 Å². The normalized spacial score (nSPS) is 10.4. The predicted octanol–water partition coefficient (Wildman–Crippen LogP) is 6.88. The number of nitrogens with zero attached hydrogens (tertiary/aromatic N) is 6. The molecule has 0 amide bonds. The third-order valence-corrected chi connectivity index (χ3v) is 6.24. The highest BCUT2D eigenvalue weighted by molar-refractivity contribution is 6.30. The third-order valence-electron chi connectivity index (χ3n) is 5.74. The smallest absolute Gasteiger partial charge is 0.240 e. The van der Waals surface area contributed by atoms with Crippen LogP contribution in [0.25, 0.3) is 45.0 Å². The lowest BCUT2D eigenvalue weighted by molar-refractivity contribution is 0.997. The molecule has 8 nitrogen and oxygen atoms in total. The van der Waals surface area contributed by atoms with Gasteiger partial charge in [0.15, 0.2) is 0 Å². The first kappa shape index (κ1) is 26.7. The number of anilines is 2. The zero-order valence-electron chi connectivity index (χ0n) is 21.0. The number of hydrogen-bond acceptors (Lipinski definition) is 8. The third kappa shape index (κ3) is 6.37. The maximum atomic E-state index is 5.91. The number of nitrogens with two attached hydrogens (primary N) is 2. The predicted molar refractivity (Wildman–Crippen MR) is 160 cm³/mol. The topological polar surface area (TPSA) is 129 Å². The summed E-state index contributed by atoms with van der Waals surface area (Å²) >= 11 is 11.8. The lowest BCUT2D eigenvalue weighted by Crippen LogP contribution is -2.02. The largest absolute Gasteiger partial charge is 0.366 e. The van der Waals surface area contributed by atoms with E-state index in [0.29, 0.717) is 32.8 Å². The van der Waals surface area contributed by atoms with E-state index in [-0.39, 0.29) is 11.9 Å². The van der Waals surface area contributed by atoms with E-state index in [0.717, 1.165) is 22.3 Å². The fraction of sp³-hybridized carbons (Fsp3) is 0. The monoisotopic (exact) mass is 564 g/mol. The summed E-state index contributed by atoms with van der Waals surface area (Å²) in [5, 5.41) is 17.4. The van der Waals surface area contributed by atoms with Crippen LogP contribution in [0.3, 0.4) is 0 Å². The van der Waals surface area contributed by atoms with E-state index in [1.54, 1.807) is 0 Å². The molecule has 0 aliphatic carbocycles. The minimum absolute atomic E-state index is 0.154. The van der Waals surface area contributed by atoms with Gasteiger partial charge in [0.2, 0.25) is 11.9 Å². The van der Waals surface area contributed by atoms with Gasteiger partial charge in [0, 0.05) is 32.3 Å². The zero-order valence-corrected chi connectivity index (χ0v) is 22.5. The molecule has 4 aromatic carbocycles. The van der Waals surface area contributed by atoms with Crippen molar-refractivity contribution in [1.29, 1.82) is 0 Å². The van der Waals surface area contributed by atoms with E-state index in [2.05, 4.69) is 30.4 Å². The second kappa shape index (κ2) is 12.3. The van der Waals surface area contributed by atoms with E-state index in [1.165, 1.54) is 0 Å². The molecule has 40 heavy (non-hydrogen) atoms. The lowest BCUT2D eigenvalue weighted by atomic mass is 10.0. The van der Waals surface area contributed by atoms with Gasteiger partial charge in [0.25, 0.3) is 0 Å². The summed E-state index contributed by atoms with van der Waals surface area (Å²) in [5.74, 6) is 0.308. The minimum Gasteiger partial charge on any atom is -0.366 e. The van der Waals surface area contributed by atoms with E-state index < -0.39 is 0 Å². The SMILES string of the molecule is Nc1nnc(-c2ccc(Cl)cc2)c(-c2ccccc2)n1.Nc1nnc(-c2ccc(Cl)cc2)c(-c2ccccc2)n1. The summed E-state index contributed by atoms with van der Waals surface area (Å²) in [6, 6.07) is 34.3. The molecular weight excluding hydrogens is 543 g/mol. The zero-order chi connectivity index (χ0) is 27.9. The van der Waals surface area contributed by atoms with Crippen LogP contribution in [0.15, 0.2) is 109 Å².